The average molecular weight is 317 g/mol. The quantitative estimate of drug-likeness (QED) is 0.475. The van der Waals surface area contributed by atoms with Gasteiger partial charge >= 0.3 is 0 Å². The molecular weight excluding hydrogens is 276 g/mol. The molecule has 0 rings (SSSR count). The number of rotatable bonds is 13. The van der Waals surface area contributed by atoms with E-state index in [1.807, 2.05) is 0 Å². The minimum atomic E-state index is -0.648. The third kappa shape index (κ3) is 8.60. The third-order valence-electron chi connectivity index (χ3n) is 4.29. The molecule has 0 aromatic heterocycles. The van der Waals surface area contributed by atoms with Crippen molar-refractivity contribution in [3.8, 4) is 0 Å². The maximum absolute atomic E-state index is 2.84. The van der Waals surface area contributed by atoms with E-state index in [0.29, 0.717) is 0 Å². The number of hydrogen-bond donors (Lipinski definition) is 0. The fourth-order valence-corrected chi connectivity index (χ4v) is 10.5. The second-order valence-electron chi connectivity index (χ2n) is 6.35. The Labute approximate surface area is 132 Å². The minimum Gasteiger partial charge on any atom is -0.326 e. The van der Waals surface area contributed by atoms with E-state index in [1.165, 1.54) is 64.0 Å². The first kappa shape index (κ1) is 20.4. The van der Waals surface area contributed by atoms with Crippen LogP contribution in [0.15, 0.2) is 0 Å². The smallest absolute Gasteiger partial charge is 0.108 e. The molecule has 0 saturated carbocycles. The van der Waals surface area contributed by atoms with Crippen molar-refractivity contribution in [3.63, 3.8) is 0 Å². The summed E-state index contributed by atoms with van der Waals surface area (Å²) in [5.74, 6) is 0. The molecular formula is C16H40N2Si2. The topological polar surface area (TPSA) is 6.48 Å². The van der Waals surface area contributed by atoms with Crippen molar-refractivity contribution in [2.45, 2.75) is 78.6 Å². The van der Waals surface area contributed by atoms with Gasteiger partial charge in [0.25, 0.3) is 0 Å². The molecule has 122 valence electrons. The summed E-state index contributed by atoms with van der Waals surface area (Å²) in [6.07, 6.45) is 5.29. The maximum atomic E-state index is 2.84. The van der Waals surface area contributed by atoms with E-state index < -0.39 is 17.9 Å². The van der Waals surface area contributed by atoms with Crippen molar-refractivity contribution in [1.29, 1.82) is 0 Å². The van der Waals surface area contributed by atoms with Crippen LogP contribution in [0.4, 0.5) is 0 Å². The van der Waals surface area contributed by atoms with E-state index in [1.54, 1.807) is 0 Å². The van der Waals surface area contributed by atoms with Crippen LogP contribution in [0.5, 0.6) is 0 Å². The summed E-state index contributed by atoms with van der Waals surface area (Å²) in [5.41, 5.74) is 0. The maximum Gasteiger partial charge on any atom is 0.108 e. The molecule has 0 N–H and O–H groups in total. The summed E-state index contributed by atoms with van der Waals surface area (Å²) in [5, 5.41) is 0. The van der Waals surface area contributed by atoms with Gasteiger partial charge in [0.05, 0.1) is 0 Å². The molecule has 0 saturated heterocycles. The van der Waals surface area contributed by atoms with E-state index >= 15 is 0 Å². The lowest BCUT2D eigenvalue weighted by molar-refractivity contribution is 0.423. The van der Waals surface area contributed by atoms with E-state index in [0.717, 1.165) is 0 Å². The standard InChI is InChI=1S/C16H40N2Si2/c1-7-11-17(12-8-2)19(5)15-16-20(6)18(13-9-3)14-10-4/h19-20H,7-16H2,1-6H3. The molecule has 0 spiro atoms. The fourth-order valence-electron chi connectivity index (χ4n) is 3.10. The molecule has 0 amide bonds. The molecule has 0 radical (unpaired) electrons. The van der Waals surface area contributed by atoms with Gasteiger partial charge < -0.3 is 9.13 Å². The zero-order valence-electron chi connectivity index (χ0n) is 15.1. The normalized spacial score (nSPS) is 15.0. The van der Waals surface area contributed by atoms with Crippen molar-refractivity contribution >= 4 is 17.9 Å². The second kappa shape index (κ2) is 13.0. The molecule has 0 heterocycles. The van der Waals surface area contributed by atoms with Crippen molar-refractivity contribution in [2.75, 3.05) is 26.2 Å². The van der Waals surface area contributed by atoms with Crippen molar-refractivity contribution in [2.24, 2.45) is 0 Å². The summed E-state index contributed by atoms with van der Waals surface area (Å²) in [6, 6.07) is 3.08. The summed E-state index contributed by atoms with van der Waals surface area (Å²) in [7, 11) is -1.30. The molecule has 2 atom stereocenters. The summed E-state index contributed by atoms with van der Waals surface area (Å²) in [4.78, 5) is 0. The third-order valence-corrected chi connectivity index (χ3v) is 10.8. The molecule has 0 aromatic carbocycles. The molecule has 0 aliphatic rings. The molecule has 4 heteroatoms. The SMILES string of the molecule is CCCN(CCC)[SiH](C)CC[SiH](C)N(CCC)CCC. The Morgan fingerprint density at radius 2 is 0.800 bits per heavy atom. The van der Waals surface area contributed by atoms with E-state index in [-0.39, 0.29) is 0 Å². The van der Waals surface area contributed by atoms with Gasteiger partial charge in [-0.1, -0.05) is 40.8 Å². The van der Waals surface area contributed by atoms with Crippen LogP contribution in [0.3, 0.4) is 0 Å². The monoisotopic (exact) mass is 316 g/mol. The van der Waals surface area contributed by atoms with Crippen LogP contribution < -0.4 is 0 Å². The molecule has 2 unspecified atom stereocenters. The van der Waals surface area contributed by atoms with E-state index in [2.05, 4.69) is 49.9 Å². The first-order valence-electron chi connectivity index (χ1n) is 9.08. The summed E-state index contributed by atoms with van der Waals surface area (Å²) in [6.45, 7) is 19.8. The molecule has 0 fully saturated rings. The van der Waals surface area contributed by atoms with Gasteiger partial charge in [-0.05, 0) is 64.0 Å². The van der Waals surface area contributed by atoms with Gasteiger partial charge in [0.2, 0.25) is 0 Å². The zero-order valence-corrected chi connectivity index (χ0v) is 17.4. The van der Waals surface area contributed by atoms with Crippen molar-refractivity contribution in [3.05, 3.63) is 0 Å². The van der Waals surface area contributed by atoms with Crippen LogP contribution in [0.1, 0.15) is 53.4 Å². The molecule has 0 bridgehead atoms. The van der Waals surface area contributed by atoms with Gasteiger partial charge in [-0.25, -0.2) is 0 Å². The fraction of sp³-hybridized carbons (Fsp3) is 1.00. The first-order valence-corrected chi connectivity index (χ1v) is 14.1. The lowest BCUT2D eigenvalue weighted by Crippen LogP contribution is -2.42. The highest BCUT2D eigenvalue weighted by Crippen LogP contribution is 2.12. The van der Waals surface area contributed by atoms with Gasteiger partial charge in [-0.15, -0.1) is 0 Å². The average Bonchev–Trinajstić information content (AvgIpc) is 2.44. The Morgan fingerprint density at radius 1 is 0.550 bits per heavy atom. The lowest BCUT2D eigenvalue weighted by Gasteiger charge is -2.31. The predicted molar refractivity (Wildman–Crippen MR) is 100.0 cm³/mol. The van der Waals surface area contributed by atoms with Gasteiger partial charge in [0.15, 0.2) is 0 Å². The van der Waals surface area contributed by atoms with Crippen LogP contribution in [0.2, 0.25) is 25.2 Å². The molecule has 2 nitrogen and oxygen atoms in total. The predicted octanol–water partition coefficient (Wildman–Crippen LogP) is 3.94. The molecule has 20 heavy (non-hydrogen) atoms. The highest BCUT2D eigenvalue weighted by molar-refractivity contribution is 6.60. The summed E-state index contributed by atoms with van der Waals surface area (Å²) < 4.78 is 5.68. The molecule has 0 aromatic rings. The van der Waals surface area contributed by atoms with Crippen LogP contribution in [0, 0.1) is 0 Å². The zero-order chi connectivity index (χ0) is 15.4. The lowest BCUT2D eigenvalue weighted by atomic mass is 10.4. The van der Waals surface area contributed by atoms with Crippen molar-refractivity contribution in [1.82, 2.24) is 9.13 Å². The highest BCUT2D eigenvalue weighted by atomic mass is 28.3. The van der Waals surface area contributed by atoms with Gasteiger partial charge in [-0.3, -0.25) is 0 Å². The van der Waals surface area contributed by atoms with Gasteiger partial charge in [0.1, 0.15) is 17.9 Å². The van der Waals surface area contributed by atoms with Gasteiger partial charge in [0, 0.05) is 0 Å². The molecule has 0 aliphatic carbocycles. The molecule has 0 aliphatic heterocycles. The Kier molecular flexibility index (Phi) is 13.3. The highest BCUT2D eigenvalue weighted by Gasteiger charge is 2.18. The number of hydrogen-bond acceptors (Lipinski definition) is 2. The summed E-state index contributed by atoms with van der Waals surface area (Å²) >= 11 is 0. The number of nitrogens with zero attached hydrogens (tertiary/aromatic N) is 2. The Morgan fingerprint density at radius 3 is 1.00 bits per heavy atom. The second-order valence-corrected chi connectivity index (χ2v) is 12.4. The van der Waals surface area contributed by atoms with E-state index in [4.69, 9.17) is 0 Å². The Bertz CT molecular complexity index is 181. The van der Waals surface area contributed by atoms with Crippen LogP contribution in [0.25, 0.3) is 0 Å². The van der Waals surface area contributed by atoms with E-state index in [9.17, 15) is 0 Å². The largest absolute Gasteiger partial charge is 0.326 e. The minimum absolute atomic E-state index is 0.648. The first-order chi connectivity index (χ1) is 9.60. The van der Waals surface area contributed by atoms with Crippen LogP contribution in [-0.2, 0) is 0 Å². The van der Waals surface area contributed by atoms with Crippen molar-refractivity contribution < 1.29 is 0 Å². The Balaban J connectivity index is 4.20. The van der Waals surface area contributed by atoms with Gasteiger partial charge in [-0.2, -0.15) is 0 Å². The Hall–Kier alpha value is 0.354. The van der Waals surface area contributed by atoms with Crippen LogP contribution >= 0.6 is 0 Å². The van der Waals surface area contributed by atoms with Crippen LogP contribution in [-0.4, -0.2) is 53.2 Å².